The highest BCUT2D eigenvalue weighted by molar-refractivity contribution is 5.45. The Balaban J connectivity index is 1.46. The maximum absolute atomic E-state index is 4.72. The Kier molecular flexibility index (Phi) is 3.87. The third kappa shape index (κ3) is 3.01. The first-order valence-electron chi connectivity index (χ1n) is 8.42. The zero-order valence-corrected chi connectivity index (χ0v) is 13.4. The van der Waals surface area contributed by atoms with Gasteiger partial charge in [0.1, 0.15) is 5.82 Å². The van der Waals surface area contributed by atoms with E-state index >= 15 is 0 Å². The van der Waals surface area contributed by atoms with E-state index in [1.807, 2.05) is 18.3 Å². The van der Waals surface area contributed by atoms with Gasteiger partial charge in [-0.15, -0.1) is 0 Å². The van der Waals surface area contributed by atoms with E-state index in [2.05, 4.69) is 51.7 Å². The van der Waals surface area contributed by atoms with Crippen molar-refractivity contribution in [2.24, 2.45) is 5.92 Å². The van der Waals surface area contributed by atoms with Gasteiger partial charge in [0.15, 0.2) is 0 Å². The number of aromatic nitrogens is 2. The molecule has 5 nitrogen and oxygen atoms in total. The molecule has 2 N–H and O–H groups in total. The maximum atomic E-state index is 4.72. The summed E-state index contributed by atoms with van der Waals surface area (Å²) >= 11 is 0. The Morgan fingerprint density at radius 3 is 2.91 bits per heavy atom. The third-order valence-corrected chi connectivity index (χ3v) is 4.97. The van der Waals surface area contributed by atoms with Crippen molar-refractivity contribution in [3.8, 4) is 0 Å². The predicted octanol–water partition coefficient (Wildman–Crippen LogP) is 2.45. The zero-order chi connectivity index (χ0) is 15.6. The molecule has 1 aromatic heterocycles. The molecule has 0 radical (unpaired) electrons. The molecule has 5 heteroatoms. The highest BCUT2D eigenvalue weighted by Gasteiger charge is 2.36. The number of benzene rings is 1. The van der Waals surface area contributed by atoms with Crippen LogP contribution in [0.3, 0.4) is 0 Å². The molecule has 1 aromatic carbocycles. The van der Waals surface area contributed by atoms with E-state index in [1.54, 1.807) is 0 Å². The fourth-order valence-corrected chi connectivity index (χ4v) is 3.65. The largest absolute Gasteiger partial charge is 0.355 e. The summed E-state index contributed by atoms with van der Waals surface area (Å²) in [5.74, 6) is 2.49. The van der Waals surface area contributed by atoms with Crippen LogP contribution < -0.4 is 15.5 Å². The van der Waals surface area contributed by atoms with E-state index in [0.717, 1.165) is 31.4 Å². The van der Waals surface area contributed by atoms with Gasteiger partial charge in [-0.2, -0.15) is 4.98 Å². The molecule has 3 heterocycles. The molecule has 0 amide bonds. The lowest BCUT2D eigenvalue weighted by Crippen LogP contribution is -2.30. The van der Waals surface area contributed by atoms with Crippen LogP contribution >= 0.6 is 0 Å². The molecule has 2 aromatic rings. The molecule has 0 spiro atoms. The summed E-state index contributed by atoms with van der Waals surface area (Å²) in [4.78, 5) is 11.5. The molecule has 120 valence electrons. The number of rotatable bonds is 4. The highest BCUT2D eigenvalue weighted by atomic mass is 15.3. The van der Waals surface area contributed by atoms with Gasteiger partial charge in [0.05, 0.1) is 6.04 Å². The average Bonchev–Trinajstić information content (AvgIpc) is 3.17. The molecule has 4 rings (SSSR count). The minimum atomic E-state index is 0.186. The van der Waals surface area contributed by atoms with Crippen molar-refractivity contribution in [2.75, 3.05) is 29.9 Å². The van der Waals surface area contributed by atoms with E-state index in [0.29, 0.717) is 12.0 Å². The second-order valence-electron chi connectivity index (χ2n) is 6.53. The van der Waals surface area contributed by atoms with E-state index in [9.17, 15) is 0 Å². The van der Waals surface area contributed by atoms with Crippen LogP contribution in [0.4, 0.5) is 11.8 Å². The summed E-state index contributed by atoms with van der Waals surface area (Å²) in [6.45, 7) is 5.45. The van der Waals surface area contributed by atoms with Crippen molar-refractivity contribution in [1.29, 1.82) is 0 Å². The maximum Gasteiger partial charge on any atom is 0.225 e. The van der Waals surface area contributed by atoms with Crippen LogP contribution in [0.1, 0.15) is 24.9 Å². The number of nitrogens with one attached hydrogen (secondary N) is 2. The average molecular weight is 309 g/mol. The molecular weight excluding hydrogens is 286 g/mol. The van der Waals surface area contributed by atoms with Gasteiger partial charge in [0.25, 0.3) is 0 Å². The summed E-state index contributed by atoms with van der Waals surface area (Å²) in [5.41, 5.74) is 1.24. The van der Waals surface area contributed by atoms with Gasteiger partial charge in [-0.3, -0.25) is 0 Å². The Morgan fingerprint density at radius 2 is 2.09 bits per heavy atom. The number of hydrogen-bond acceptors (Lipinski definition) is 5. The van der Waals surface area contributed by atoms with Crippen molar-refractivity contribution in [3.05, 3.63) is 48.2 Å². The van der Waals surface area contributed by atoms with E-state index in [-0.39, 0.29) is 6.04 Å². The molecule has 0 bridgehead atoms. The van der Waals surface area contributed by atoms with Gasteiger partial charge in [0.2, 0.25) is 5.95 Å². The molecule has 2 aliphatic rings. The summed E-state index contributed by atoms with van der Waals surface area (Å²) in [6.07, 6.45) is 3.13. The van der Waals surface area contributed by atoms with Crippen LogP contribution in [0, 0.1) is 5.92 Å². The fourth-order valence-electron chi connectivity index (χ4n) is 3.65. The molecular formula is C18H23N5. The van der Waals surface area contributed by atoms with E-state index < -0.39 is 0 Å². The smallest absolute Gasteiger partial charge is 0.225 e. The molecule has 2 fully saturated rings. The first kappa shape index (κ1) is 14.5. The predicted molar refractivity (Wildman–Crippen MR) is 92.6 cm³/mol. The van der Waals surface area contributed by atoms with Crippen LogP contribution in [0.25, 0.3) is 0 Å². The Labute approximate surface area is 137 Å². The van der Waals surface area contributed by atoms with Gasteiger partial charge < -0.3 is 15.5 Å². The number of fused-ring (bicyclic) bond motifs is 1. The quantitative estimate of drug-likeness (QED) is 0.908. The normalized spacial score (nSPS) is 24.5. The lowest BCUT2D eigenvalue weighted by atomic mass is 10.1. The zero-order valence-electron chi connectivity index (χ0n) is 13.4. The lowest BCUT2D eigenvalue weighted by Gasteiger charge is -2.20. The van der Waals surface area contributed by atoms with Gasteiger partial charge in [-0.05, 0) is 37.4 Å². The Morgan fingerprint density at radius 1 is 1.22 bits per heavy atom. The first-order chi connectivity index (χ1) is 11.3. The van der Waals surface area contributed by atoms with E-state index in [1.165, 1.54) is 12.0 Å². The van der Waals surface area contributed by atoms with Crippen LogP contribution in [0.15, 0.2) is 42.6 Å². The summed E-state index contributed by atoms with van der Waals surface area (Å²) in [7, 11) is 0. The monoisotopic (exact) mass is 309 g/mol. The summed E-state index contributed by atoms with van der Waals surface area (Å²) in [6, 6.07) is 13.2. The molecule has 3 atom stereocenters. The molecule has 2 saturated heterocycles. The second-order valence-corrected chi connectivity index (χ2v) is 6.53. The van der Waals surface area contributed by atoms with Crippen molar-refractivity contribution in [2.45, 2.75) is 25.4 Å². The third-order valence-electron chi connectivity index (χ3n) is 4.97. The number of hydrogen-bond donors (Lipinski definition) is 2. The summed E-state index contributed by atoms with van der Waals surface area (Å²) < 4.78 is 0. The van der Waals surface area contributed by atoms with Crippen molar-refractivity contribution in [3.63, 3.8) is 0 Å². The van der Waals surface area contributed by atoms with Crippen LogP contribution in [-0.2, 0) is 0 Å². The highest BCUT2D eigenvalue weighted by Crippen LogP contribution is 2.28. The molecule has 2 aliphatic heterocycles. The minimum Gasteiger partial charge on any atom is -0.355 e. The van der Waals surface area contributed by atoms with Crippen LogP contribution in [-0.4, -0.2) is 35.6 Å². The van der Waals surface area contributed by atoms with Crippen molar-refractivity contribution in [1.82, 2.24) is 15.3 Å². The van der Waals surface area contributed by atoms with Gasteiger partial charge >= 0.3 is 0 Å². The molecule has 0 aliphatic carbocycles. The fraction of sp³-hybridized carbons (Fsp3) is 0.444. The summed E-state index contributed by atoms with van der Waals surface area (Å²) in [5, 5.41) is 6.99. The number of anilines is 2. The van der Waals surface area contributed by atoms with Crippen molar-refractivity contribution < 1.29 is 0 Å². The molecule has 0 saturated carbocycles. The van der Waals surface area contributed by atoms with Crippen LogP contribution in [0.5, 0.6) is 0 Å². The number of nitrogens with zero attached hydrogens (tertiary/aromatic N) is 3. The Bertz CT molecular complexity index is 647. The standard InChI is InChI=1S/C18H23N5/c1-13(14-5-3-2-4-6-14)21-18-20-10-8-17(22-18)23-11-15-7-9-19-16(15)12-23/h2-6,8,10,13,15-16,19H,7,9,11-12H2,1H3,(H,20,21,22)/t13-,15-,16+/m1/s1. The van der Waals surface area contributed by atoms with Crippen LogP contribution in [0.2, 0.25) is 0 Å². The van der Waals surface area contributed by atoms with Gasteiger partial charge in [0, 0.05) is 25.3 Å². The first-order valence-corrected chi connectivity index (χ1v) is 8.42. The minimum absolute atomic E-state index is 0.186. The van der Waals surface area contributed by atoms with Gasteiger partial charge in [-0.1, -0.05) is 30.3 Å². The van der Waals surface area contributed by atoms with Gasteiger partial charge in [-0.25, -0.2) is 4.98 Å². The van der Waals surface area contributed by atoms with Crippen molar-refractivity contribution >= 4 is 11.8 Å². The SMILES string of the molecule is C[C@@H](Nc1nccc(N2C[C@H]3CCN[C@H]3C2)n1)c1ccccc1. The topological polar surface area (TPSA) is 53.1 Å². The van der Waals surface area contributed by atoms with E-state index in [4.69, 9.17) is 4.98 Å². The second kappa shape index (κ2) is 6.16. The molecule has 23 heavy (non-hydrogen) atoms. The lowest BCUT2D eigenvalue weighted by molar-refractivity contribution is 0.556. The molecule has 0 unspecified atom stereocenters. The Hall–Kier alpha value is -2.14.